The van der Waals surface area contributed by atoms with Gasteiger partial charge in [0.05, 0.1) is 6.54 Å². The molecule has 1 heterocycles. The van der Waals surface area contributed by atoms with Crippen LogP contribution < -0.4 is 16.4 Å². The second-order valence-corrected chi connectivity index (χ2v) is 6.76. The molecule has 0 radical (unpaired) electrons. The molecule has 2 rings (SSSR count). The highest BCUT2D eigenvalue weighted by molar-refractivity contribution is 14.0. The molecule has 140 valence electrons. The summed E-state index contributed by atoms with van der Waals surface area (Å²) in [7, 11) is 0. The summed E-state index contributed by atoms with van der Waals surface area (Å²) in [6.45, 7) is 6.18. The van der Waals surface area contributed by atoms with Crippen LogP contribution in [0.1, 0.15) is 30.1 Å². The number of hydrogen-bond acceptors (Lipinski definition) is 3. The summed E-state index contributed by atoms with van der Waals surface area (Å²) in [6.07, 6.45) is 2.43. The highest BCUT2D eigenvalue weighted by Crippen LogP contribution is 2.16. The Hall–Kier alpha value is -0.870. The monoisotopic (exact) mass is 523 g/mol. The second-order valence-electron chi connectivity index (χ2n) is 5.84. The molecule has 4 N–H and O–H groups in total. The predicted molar refractivity (Wildman–Crippen MR) is 117 cm³/mol. The van der Waals surface area contributed by atoms with Crippen molar-refractivity contribution < 1.29 is 4.79 Å². The molecular formula is C17H27BrIN5O. The lowest BCUT2D eigenvalue weighted by molar-refractivity contribution is 0.0954. The van der Waals surface area contributed by atoms with Crippen LogP contribution in [-0.4, -0.2) is 55.5 Å². The summed E-state index contributed by atoms with van der Waals surface area (Å²) in [5.74, 6) is 0.341. The summed E-state index contributed by atoms with van der Waals surface area (Å²) >= 11 is 3.36. The molecule has 1 fully saturated rings. The van der Waals surface area contributed by atoms with Gasteiger partial charge in [0.2, 0.25) is 0 Å². The van der Waals surface area contributed by atoms with Crippen LogP contribution >= 0.6 is 39.9 Å². The fourth-order valence-corrected chi connectivity index (χ4v) is 3.28. The quantitative estimate of drug-likeness (QED) is 0.221. The fourth-order valence-electron chi connectivity index (χ4n) is 2.88. The molecule has 1 atom stereocenters. The van der Waals surface area contributed by atoms with Crippen molar-refractivity contribution in [2.24, 2.45) is 10.7 Å². The van der Waals surface area contributed by atoms with Gasteiger partial charge in [-0.1, -0.05) is 28.9 Å². The molecule has 1 aliphatic rings. The smallest absolute Gasteiger partial charge is 0.251 e. The lowest BCUT2D eigenvalue weighted by Gasteiger charge is -2.20. The number of likely N-dealkylation sites (N-methyl/N-ethyl adjacent to an activating group) is 1. The predicted octanol–water partition coefficient (Wildman–Crippen LogP) is 2.19. The standard InChI is InChI=1S/C17H26BrN5O.HI/c1-2-23-10-4-7-15(23)12-22-17(19)21-9-8-20-16(24)13-5-3-6-14(18)11-13;/h3,5-6,11,15H,2,4,7-10,12H2,1H3,(H,20,24)(H3,19,21,22);1H. The molecule has 1 aromatic carbocycles. The first-order chi connectivity index (χ1) is 11.6. The summed E-state index contributed by atoms with van der Waals surface area (Å²) in [6, 6.07) is 7.81. The average Bonchev–Trinajstić information content (AvgIpc) is 3.04. The van der Waals surface area contributed by atoms with Crippen LogP contribution in [0.4, 0.5) is 0 Å². The van der Waals surface area contributed by atoms with E-state index in [0.717, 1.165) is 24.1 Å². The highest BCUT2D eigenvalue weighted by atomic mass is 127. The number of carbonyl (C=O) groups excluding carboxylic acids is 1. The first-order valence-corrected chi connectivity index (χ1v) is 9.21. The lowest BCUT2D eigenvalue weighted by Crippen LogP contribution is -2.39. The molecule has 8 heteroatoms. The first-order valence-electron chi connectivity index (χ1n) is 8.41. The summed E-state index contributed by atoms with van der Waals surface area (Å²) in [4.78, 5) is 18.8. The van der Waals surface area contributed by atoms with E-state index in [4.69, 9.17) is 5.73 Å². The largest absolute Gasteiger partial charge is 0.370 e. The zero-order chi connectivity index (χ0) is 17.4. The molecule has 0 aromatic heterocycles. The third kappa shape index (κ3) is 7.49. The van der Waals surface area contributed by atoms with Crippen molar-refractivity contribution in [1.82, 2.24) is 15.5 Å². The number of benzene rings is 1. The number of carbonyl (C=O) groups is 1. The maximum Gasteiger partial charge on any atom is 0.251 e. The van der Waals surface area contributed by atoms with Gasteiger partial charge in [-0.05, 0) is 44.1 Å². The summed E-state index contributed by atoms with van der Waals surface area (Å²) < 4.78 is 0.887. The fraction of sp³-hybridized carbons (Fsp3) is 0.529. The van der Waals surface area contributed by atoms with E-state index in [1.54, 1.807) is 12.1 Å². The van der Waals surface area contributed by atoms with Crippen LogP contribution in [0.3, 0.4) is 0 Å². The Morgan fingerprint density at radius 1 is 1.40 bits per heavy atom. The third-order valence-corrected chi connectivity index (χ3v) is 4.67. The van der Waals surface area contributed by atoms with Crippen molar-refractivity contribution >= 4 is 51.8 Å². The van der Waals surface area contributed by atoms with Crippen LogP contribution in [0.15, 0.2) is 33.7 Å². The number of guanidine groups is 1. The molecule has 1 aromatic rings. The minimum atomic E-state index is -0.0989. The normalized spacial score (nSPS) is 17.8. The van der Waals surface area contributed by atoms with Gasteiger partial charge in [0.15, 0.2) is 5.96 Å². The molecule has 0 bridgehead atoms. The Balaban J connectivity index is 0.00000312. The van der Waals surface area contributed by atoms with Crippen LogP contribution in [0, 0.1) is 0 Å². The topological polar surface area (TPSA) is 82.8 Å². The highest BCUT2D eigenvalue weighted by Gasteiger charge is 2.22. The Kier molecular flexibility index (Phi) is 10.4. The molecule has 0 spiro atoms. The van der Waals surface area contributed by atoms with E-state index in [9.17, 15) is 4.79 Å². The summed E-state index contributed by atoms with van der Waals surface area (Å²) in [5.41, 5.74) is 6.52. The molecule has 1 saturated heterocycles. The number of likely N-dealkylation sites (tertiary alicyclic amines) is 1. The van der Waals surface area contributed by atoms with E-state index in [1.807, 2.05) is 12.1 Å². The van der Waals surface area contributed by atoms with Crippen LogP contribution in [-0.2, 0) is 0 Å². The molecule has 1 amide bonds. The number of nitrogens with one attached hydrogen (secondary N) is 2. The van der Waals surface area contributed by atoms with Gasteiger partial charge in [0, 0.05) is 29.2 Å². The van der Waals surface area contributed by atoms with E-state index < -0.39 is 0 Å². The number of amides is 1. The van der Waals surface area contributed by atoms with E-state index in [2.05, 4.69) is 43.4 Å². The van der Waals surface area contributed by atoms with Crippen molar-refractivity contribution in [2.45, 2.75) is 25.8 Å². The molecule has 6 nitrogen and oxygen atoms in total. The van der Waals surface area contributed by atoms with Crippen molar-refractivity contribution in [3.63, 3.8) is 0 Å². The van der Waals surface area contributed by atoms with Gasteiger partial charge in [-0.2, -0.15) is 0 Å². The molecule has 25 heavy (non-hydrogen) atoms. The Morgan fingerprint density at radius 2 is 2.16 bits per heavy atom. The molecule has 0 saturated carbocycles. The van der Waals surface area contributed by atoms with Gasteiger partial charge in [0.25, 0.3) is 5.91 Å². The Morgan fingerprint density at radius 3 is 2.88 bits per heavy atom. The number of nitrogens with two attached hydrogens (primary N) is 1. The van der Waals surface area contributed by atoms with E-state index in [1.165, 1.54) is 12.8 Å². The number of aliphatic imine (C=N–C) groups is 1. The SMILES string of the molecule is CCN1CCCC1CN=C(N)NCCNC(=O)c1cccc(Br)c1.I. The van der Waals surface area contributed by atoms with Gasteiger partial charge in [-0.15, -0.1) is 24.0 Å². The Labute approximate surface area is 175 Å². The summed E-state index contributed by atoms with van der Waals surface area (Å²) in [5, 5.41) is 5.90. The molecule has 1 aliphatic heterocycles. The molecular weight excluding hydrogens is 497 g/mol. The maximum absolute atomic E-state index is 12.0. The van der Waals surface area contributed by atoms with Crippen LogP contribution in [0.5, 0.6) is 0 Å². The first kappa shape index (κ1) is 22.2. The number of nitrogens with zero attached hydrogens (tertiary/aromatic N) is 2. The molecule has 1 unspecified atom stereocenters. The van der Waals surface area contributed by atoms with Crippen molar-refractivity contribution in [2.75, 3.05) is 32.7 Å². The van der Waals surface area contributed by atoms with Crippen LogP contribution in [0.25, 0.3) is 0 Å². The van der Waals surface area contributed by atoms with Gasteiger partial charge in [0.1, 0.15) is 0 Å². The van der Waals surface area contributed by atoms with E-state index in [0.29, 0.717) is 30.7 Å². The van der Waals surface area contributed by atoms with Crippen molar-refractivity contribution in [3.8, 4) is 0 Å². The second kappa shape index (κ2) is 11.7. The van der Waals surface area contributed by atoms with Crippen LogP contribution in [0.2, 0.25) is 0 Å². The average molecular weight is 524 g/mol. The van der Waals surface area contributed by atoms with Gasteiger partial charge < -0.3 is 16.4 Å². The van der Waals surface area contributed by atoms with Gasteiger partial charge >= 0.3 is 0 Å². The third-order valence-electron chi connectivity index (χ3n) is 4.18. The number of hydrogen-bond donors (Lipinski definition) is 3. The van der Waals surface area contributed by atoms with Gasteiger partial charge in [-0.25, -0.2) is 0 Å². The zero-order valence-corrected chi connectivity index (χ0v) is 18.4. The Bertz CT molecular complexity index is 584. The maximum atomic E-state index is 12.0. The lowest BCUT2D eigenvalue weighted by atomic mass is 10.2. The molecule has 0 aliphatic carbocycles. The van der Waals surface area contributed by atoms with E-state index in [-0.39, 0.29) is 29.9 Å². The van der Waals surface area contributed by atoms with Crippen molar-refractivity contribution in [3.05, 3.63) is 34.3 Å². The number of rotatable bonds is 7. The van der Waals surface area contributed by atoms with Gasteiger partial charge in [-0.3, -0.25) is 14.7 Å². The zero-order valence-electron chi connectivity index (χ0n) is 14.5. The minimum Gasteiger partial charge on any atom is -0.370 e. The number of halogens is 2. The van der Waals surface area contributed by atoms with E-state index >= 15 is 0 Å². The minimum absolute atomic E-state index is 0. The van der Waals surface area contributed by atoms with Crippen molar-refractivity contribution in [1.29, 1.82) is 0 Å².